The Kier molecular flexibility index (Phi) is 8.25. The maximum Gasteiger partial charge on any atom is 0.299 e. The summed E-state index contributed by atoms with van der Waals surface area (Å²) in [4.78, 5) is 47.4. The molecule has 3 aromatic carbocycles. The fraction of sp³-hybridized carbons (Fsp3) is 0.435. The SMILES string of the molecule is C=C1[C@@H](c2ncc(-c3ccc4c(c3)C(F)(F)c3cc(-c5ccc6nc([C@@H]7[C@H]8CC[C@H](C8)N7C(=O)[C@@H](N)C(C)C)[nH]c6c5)ccc3-4)[nH]2)N(C(=O)[C@@H](N)C(C)C)CC12CC2. The minimum atomic E-state index is -3.24. The maximum atomic E-state index is 16.6. The quantitative estimate of drug-likeness (QED) is 0.117. The highest BCUT2D eigenvalue weighted by atomic mass is 19.3. The number of piperidine rings is 1. The molecule has 2 amide bonds. The Hall–Kier alpha value is -5.20. The minimum absolute atomic E-state index is 0.0243. The van der Waals surface area contributed by atoms with Crippen LogP contribution in [0, 0.1) is 23.2 Å². The second-order valence-electron chi connectivity index (χ2n) is 18.3. The third-order valence-electron chi connectivity index (χ3n) is 14.1. The zero-order valence-corrected chi connectivity index (χ0v) is 33.4. The van der Waals surface area contributed by atoms with Crippen molar-refractivity contribution < 1.29 is 18.4 Å². The van der Waals surface area contributed by atoms with Crippen LogP contribution in [-0.4, -0.2) is 66.2 Å². The molecule has 4 heterocycles. The number of hydrogen-bond donors (Lipinski definition) is 4. The lowest BCUT2D eigenvalue weighted by Gasteiger charge is -2.36. The number of nitrogens with zero attached hydrogens (tertiary/aromatic N) is 4. The van der Waals surface area contributed by atoms with E-state index in [2.05, 4.69) is 21.5 Å². The Labute approximate surface area is 336 Å². The van der Waals surface area contributed by atoms with Crippen molar-refractivity contribution in [3.8, 4) is 33.5 Å². The van der Waals surface area contributed by atoms with Crippen molar-refractivity contribution in [2.45, 2.75) is 95.9 Å². The molecular weight excluding hydrogens is 735 g/mol. The Bertz CT molecular complexity index is 2530. The molecule has 3 aliphatic carbocycles. The summed E-state index contributed by atoms with van der Waals surface area (Å²) in [5.74, 6) is -1.76. The van der Waals surface area contributed by atoms with E-state index in [1.807, 2.05) is 62.9 Å². The summed E-state index contributed by atoms with van der Waals surface area (Å²) in [7, 11) is 0. The van der Waals surface area contributed by atoms with Gasteiger partial charge in [-0.1, -0.05) is 64.6 Å². The molecule has 5 aliphatic rings. The van der Waals surface area contributed by atoms with Gasteiger partial charge in [-0.15, -0.1) is 0 Å². The Morgan fingerprint density at radius 3 is 2.17 bits per heavy atom. The number of rotatable bonds is 8. The highest BCUT2D eigenvalue weighted by molar-refractivity contribution is 5.88. The van der Waals surface area contributed by atoms with Crippen LogP contribution < -0.4 is 11.5 Å². The van der Waals surface area contributed by atoms with Crippen LogP contribution in [0.5, 0.6) is 0 Å². The van der Waals surface area contributed by atoms with E-state index in [0.717, 1.165) is 60.1 Å². The van der Waals surface area contributed by atoms with Gasteiger partial charge in [0, 0.05) is 34.7 Å². The van der Waals surface area contributed by atoms with E-state index in [1.165, 1.54) is 0 Å². The van der Waals surface area contributed by atoms with Gasteiger partial charge in [0.1, 0.15) is 17.7 Å². The topological polar surface area (TPSA) is 150 Å². The van der Waals surface area contributed by atoms with Crippen LogP contribution >= 0.6 is 0 Å². The molecule has 10 rings (SSSR count). The number of aromatic amines is 2. The van der Waals surface area contributed by atoms with E-state index < -0.39 is 24.0 Å². The number of imidazole rings is 2. The lowest BCUT2D eigenvalue weighted by atomic mass is 9.96. The van der Waals surface area contributed by atoms with Crippen molar-refractivity contribution >= 4 is 22.8 Å². The number of carbonyl (C=O) groups is 2. The number of H-pyrrole nitrogens is 2. The molecule has 5 aromatic rings. The summed E-state index contributed by atoms with van der Waals surface area (Å²) < 4.78 is 33.1. The summed E-state index contributed by atoms with van der Waals surface area (Å²) >= 11 is 0. The highest BCUT2D eigenvalue weighted by Crippen LogP contribution is 2.61. The van der Waals surface area contributed by atoms with Gasteiger partial charge >= 0.3 is 0 Å². The smallest absolute Gasteiger partial charge is 0.299 e. The predicted molar refractivity (Wildman–Crippen MR) is 219 cm³/mol. The molecule has 10 nitrogen and oxygen atoms in total. The first-order chi connectivity index (χ1) is 27.7. The molecule has 2 aromatic heterocycles. The summed E-state index contributed by atoms with van der Waals surface area (Å²) in [6, 6.07) is 14.5. The standard InChI is InChI=1S/C46H50F2N8O2/c1-22(2)37(49)43(57)55-21-45(14-15-45)24(5)39(55)41-51-20-36(54-41)27-8-12-31-30-11-7-25(17-32(30)46(47,48)33(31)18-27)26-9-13-34-35(19-26)53-42(52-34)40-28-6-10-29(16-28)56(40)44(58)38(50)23(3)4/h7-9,11-13,17-20,22-23,28-29,37-40H,5-6,10,14-16,21,49-50H2,1-4H3,(H,51,54)(H,52,53)/t28-,29+,37-,38-,39-,40-/m0/s1. The van der Waals surface area contributed by atoms with Crippen molar-refractivity contribution in [3.63, 3.8) is 0 Å². The third kappa shape index (κ3) is 5.47. The highest BCUT2D eigenvalue weighted by Gasteiger charge is 2.58. The Morgan fingerprint density at radius 1 is 0.845 bits per heavy atom. The molecule has 2 saturated heterocycles. The fourth-order valence-corrected chi connectivity index (χ4v) is 10.3. The number of nitrogens with two attached hydrogens (primary N) is 2. The van der Waals surface area contributed by atoms with Crippen LogP contribution in [-0.2, 0) is 15.5 Å². The molecule has 0 unspecified atom stereocenters. The zero-order valence-electron chi connectivity index (χ0n) is 33.4. The number of carbonyl (C=O) groups excluding carboxylic acids is 2. The van der Waals surface area contributed by atoms with Gasteiger partial charge < -0.3 is 31.2 Å². The number of halogens is 2. The normalized spacial score (nSPS) is 24.7. The van der Waals surface area contributed by atoms with Crippen molar-refractivity contribution in [1.82, 2.24) is 29.7 Å². The molecule has 2 bridgehead atoms. The summed E-state index contributed by atoms with van der Waals surface area (Å²) in [5.41, 5.74) is 18.6. The van der Waals surface area contributed by atoms with Gasteiger partial charge in [-0.2, -0.15) is 8.78 Å². The Morgan fingerprint density at radius 2 is 1.48 bits per heavy atom. The Balaban J connectivity index is 0.923. The molecule has 2 saturated carbocycles. The van der Waals surface area contributed by atoms with Gasteiger partial charge in [-0.3, -0.25) is 9.59 Å². The average molecular weight is 785 g/mol. The lowest BCUT2D eigenvalue weighted by molar-refractivity contribution is -0.138. The second-order valence-corrected chi connectivity index (χ2v) is 18.3. The van der Waals surface area contributed by atoms with Crippen molar-refractivity contribution in [2.75, 3.05) is 6.54 Å². The molecule has 0 radical (unpaired) electrons. The van der Waals surface area contributed by atoms with Crippen LogP contribution in [0.15, 0.2) is 72.9 Å². The summed E-state index contributed by atoms with van der Waals surface area (Å²) in [6.45, 7) is 12.8. The van der Waals surface area contributed by atoms with Crippen LogP contribution in [0.3, 0.4) is 0 Å². The second kappa shape index (κ2) is 12.9. The van der Waals surface area contributed by atoms with E-state index in [9.17, 15) is 9.59 Å². The summed E-state index contributed by atoms with van der Waals surface area (Å²) in [5, 5.41) is 0. The van der Waals surface area contributed by atoms with Crippen LogP contribution in [0.25, 0.3) is 44.5 Å². The number of likely N-dealkylation sites (tertiary alicyclic amines) is 2. The van der Waals surface area contributed by atoms with Gasteiger partial charge in [0.25, 0.3) is 5.92 Å². The largest absolute Gasteiger partial charge is 0.340 e. The molecule has 6 atom stereocenters. The van der Waals surface area contributed by atoms with Crippen LogP contribution in [0.2, 0.25) is 0 Å². The average Bonchev–Trinajstić information content (AvgIpc) is 3.80. The minimum Gasteiger partial charge on any atom is -0.340 e. The van der Waals surface area contributed by atoms with E-state index in [1.54, 1.807) is 35.4 Å². The molecule has 6 N–H and O–H groups in total. The van der Waals surface area contributed by atoms with Gasteiger partial charge in [0.05, 0.1) is 41.0 Å². The molecule has 300 valence electrons. The third-order valence-corrected chi connectivity index (χ3v) is 14.1. The predicted octanol–water partition coefficient (Wildman–Crippen LogP) is 7.98. The lowest BCUT2D eigenvalue weighted by Crippen LogP contribution is -2.50. The maximum absolute atomic E-state index is 16.6. The van der Waals surface area contributed by atoms with Crippen molar-refractivity contribution in [3.05, 3.63) is 95.7 Å². The fourth-order valence-electron chi connectivity index (χ4n) is 10.3. The monoisotopic (exact) mass is 784 g/mol. The molecule has 4 fully saturated rings. The van der Waals surface area contributed by atoms with Crippen LogP contribution in [0.1, 0.15) is 94.7 Å². The van der Waals surface area contributed by atoms with Crippen LogP contribution in [0.4, 0.5) is 8.78 Å². The van der Waals surface area contributed by atoms with E-state index in [0.29, 0.717) is 46.2 Å². The number of fused-ring (bicyclic) bond motifs is 6. The summed E-state index contributed by atoms with van der Waals surface area (Å²) in [6.07, 6.45) is 6.56. The molecule has 58 heavy (non-hydrogen) atoms. The van der Waals surface area contributed by atoms with Gasteiger partial charge in [-0.25, -0.2) is 9.97 Å². The first-order valence-corrected chi connectivity index (χ1v) is 20.7. The number of amides is 2. The molecular formula is C46H50F2N8O2. The van der Waals surface area contributed by atoms with Gasteiger partial charge in [0.15, 0.2) is 0 Å². The van der Waals surface area contributed by atoms with Crippen molar-refractivity contribution in [2.24, 2.45) is 34.6 Å². The number of benzene rings is 3. The molecule has 12 heteroatoms. The number of aromatic nitrogens is 4. The van der Waals surface area contributed by atoms with Gasteiger partial charge in [-0.05, 0) is 102 Å². The van der Waals surface area contributed by atoms with E-state index >= 15 is 8.78 Å². The van der Waals surface area contributed by atoms with Gasteiger partial charge in [0.2, 0.25) is 11.8 Å². The van der Waals surface area contributed by atoms with E-state index in [-0.39, 0.29) is 52.3 Å². The number of hydrogen-bond acceptors (Lipinski definition) is 6. The number of nitrogens with one attached hydrogen (secondary N) is 2. The van der Waals surface area contributed by atoms with E-state index in [4.69, 9.17) is 16.5 Å². The van der Waals surface area contributed by atoms with Crippen molar-refractivity contribution in [1.29, 1.82) is 0 Å². The number of alkyl halides is 2. The zero-order chi connectivity index (χ0) is 40.6. The first kappa shape index (κ1) is 37.1. The molecule has 2 aliphatic heterocycles. The first-order valence-electron chi connectivity index (χ1n) is 20.7. The molecule has 1 spiro atoms.